The van der Waals surface area contributed by atoms with Gasteiger partial charge < -0.3 is 9.15 Å². The summed E-state index contributed by atoms with van der Waals surface area (Å²) in [7, 11) is 0. The van der Waals surface area contributed by atoms with E-state index in [4.69, 9.17) is 14.4 Å². The molecule has 3 aromatic rings. The van der Waals surface area contributed by atoms with Crippen LogP contribution in [-0.4, -0.2) is 18.7 Å². The summed E-state index contributed by atoms with van der Waals surface area (Å²) < 4.78 is 50.0. The standard InChI is InChI=1S/C21H13BrF3N3O3/c22-16-4-6-18(14(9-16)10-26)30-12-20(29)28-27-11-17-5-7-19(31-17)13-2-1-3-15(8-13)21(23,24)25/h1-9,11H,12H2,(H,28,29)/b27-11-. The quantitative estimate of drug-likeness (QED) is 0.382. The maximum Gasteiger partial charge on any atom is 0.416 e. The molecule has 10 heteroatoms. The summed E-state index contributed by atoms with van der Waals surface area (Å²) in [5, 5.41) is 12.8. The van der Waals surface area contributed by atoms with E-state index in [1.54, 1.807) is 18.2 Å². The number of nitriles is 1. The molecule has 1 amide bonds. The molecule has 1 N–H and O–H groups in total. The van der Waals surface area contributed by atoms with Gasteiger partial charge >= 0.3 is 6.18 Å². The van der Waals surface area contributed by atoms with Gasteiger partial charge in [-0.05, 0) is 42.5 Å². The lowest BCUT2D eigenvalue weighted by Crippen LogP contribution is -2.24. The van der Waals surface area contributed by atoms with Crippen LogP contribution >= 0.6 is 15.9 Å². The summed E-state index contributed by atoms with van der Waals surface area (Å²) in [6, 6.07) is 14.5. The number of carbonyl (C=O) groups is 1. The fraction of sp³-hybridized carbons (Fsp3) is 0.0952. The maximum absolute atomic E-state index is 12.8. The smallest absolute Gasteiger partial charge is 0.416 e. The Morgan fingerprint density at radius 2 is 2.03 bits per heavy atom. The predicted octanol–water partition coefficient (Wildman–Crippen LogP) is 5.13. The van der Waals surface area contributed by atoms with E-state index in [1.165, 1.54) is 30.5 Å². The third kappa shape index (κ3) is 5.96. The molecule has 0 radical (unpaired) electrons. The minimum Gasteiger partial charge on any atom is -0.482 e. The van der Waals surface area contributed by atoms with E-state index in [9.17, 15) is 18.0 Å². The molecule has 0 spiro atoms. The molecule has 0 bridgehead atoms. The number of alkyl halides is 3. The van der Waals surface area contributed by atoms with Crippen LogP contribution in [-0.2, 0) is 11.0 Å². The van der Waals surface area contributed by atoms with Gasteiger partial charge in [-0.2, -0.15) is 23.5 Å². The predicted molar refractivity (Wildman–Crippen MR) is 109 cm³/mol. The van der Waals surface area contributed by atoms with E-state index in [-0.39, 0.29) is 35.0 Å². The Hall–Kier alpha value is -3.58. The van der Waals surface area contributed by atoms with Crippen molar-refractivity contribution in [2.45, 2.75) is 6.18 Å². The largest absolute Gasteiger partial charge is 0.482 e. The third-order valence-corrected chi connectivity index (χ3v) is 4.40. The zero-order valence-corrected chi connectivity index (χ0v) is 17.2. The summed E-state index contributed by atoms with van der Waals surface area (Å²) >= 11 is 3.24. The SMILES string of the molecule is N#Cc1cc(Br)ccc1OCC(=O)N/N=C\c1ccc(-c2cccc(C(F)(F)F)c2)o1. The average molecular weight is 492 g/mol. The van der Waals surface area contributed by atoms with E-state index in [1.807, 2.05) is 6.07 Å². The fourth-order valence-corrected chi connectivity index (χ4v) is 2.85. The van der Waals surface area contributed by atoms with E-state index >= 15 is 0 Å². The molecule has 3 rings (SSSR count). The molecule has 0 unspecified atom stereocenters. The number of hydrogen-bond donors (Lipinski definition) is 1. The highest BCUT2D eigenvalue weighted by Gasteiger charge is 2.30. The van der Waals surface area contributed by atoms with Crippen molar-refractivity contribution < 1.29 is 27.1 Å². The Bertz CT molecular complexity index is 1170. The summed E-state index contributed by atoms with van der Waals surface area (Å²) in [5.41, 5.74) is 1.98. The Balaban J connectivity index is 1.57. The summed E-state index contributed by atoms with van der Waals surface area (Å²) in [6.07, 6.45) is -3.25. The van der Waals surface area contributed by atoms with E-state index in [0.29, 0.717) is 4.47 Å². The normalized spacial score (nSPS) is 11.3. The van der Waals surface area contributed by atoms with Gasteiger partial charge in [-0.15, -0.1) is 0 Å². The molecular formula is C21H13BrF3N3O3. The molecule has 0 saturated carbocycles. The summed E-state index contributed by atoms with van der Waals surface area (Å²) in [5.74, 6) is 0.129. The number of hydrogen-bond acceptors (Lipinski definition) is 5. The molecule has 6 nitrogen and oxygen atoms in total. The van der Waals surface area contributed by atoms with E-state index < -0.39 is 17.6 Å². The molecule has 0 aliphatic rings. The van der Waals surface area contributed by atoms with Crippen LogP contribution in [0.3, 0.4) is 0 Å². The zero-order chi connectivity index (χ0) is 22.4. The molecule has 158 valence electrons. The van der Waals surface area contributed by atoms with Gasteiger partial charge in [0.05, 0.1) is 17.3 Å². The van der Waals surface area contributed by atoms with Gasteiger partial charge in [0, 0.05) is 10.0 Å². The van der Waals surface area contributed by atoms with Crippen LogP contribution in [0, 0.1) is 11.3 Å². The molecule has 2 aromatic carbocycles. The Morgan fingerprint density at radius 1 is 1.23 bits per heavy atom. The lowest BCUT2D eigenvalue weighted by atomic mass is 10.1. The van der Waals surface area contributed by atoms with Crippen molar-refractivity contribution in [3.8, 4) is 23.1 Å². The molecule has 1 aromatic heterocycles. The first-order chi connectivity index (χ1) is 14.8. The van der Waals surface area contributed by atoms with Gasteiger partial charge in [-0.1, -0.05) is 28.1 Å². The molecule has 0 aliphatic heterocycles. The van der Waals surface area contributed by atoms with Crippen molar-refractivity contribution >= 4 is 28.1 Å². The van der Waals surface area contributed by atoms with Crippen LogP contribution in [0.15, 0.2) is 68.6 Å². The van der Waals surface area contributed by atoms with Crippen molar-refractivity contribution in [2.75, 3.05) is 6.61 Å². The number of rotatable bonds is 6. The Labute approximate surface area is 183 Å². The number of nitrogens with one attached hydrogen (secondary N) is 1. The molecule has 0 aliphatic carbocycles. The van der Waals surface area contributed by atoms with Gasteiger partial charge in [0.15, 0.2) is 6.61 Å². The number of ether oxygens (including phenoxy) is 1. The van der Waals surface area contributed by atoms with Crippen LogP contribution in [0.2, 0.25) is 0 Å². The van der Waals surface area contributed by atoms with Crippen LogP contribution in [0.1, 0.15) is 16.9 Å². The average Bonchev–Trinajstić information content (AvgIpc) is 3.21. The van der Waals surface area contributed by atoms with Crippen molar-refractivity contribution in [3.05, 3.63) is 76.0 Å². The molecule has 31 heavy (non-hydrogen) atoms. The first-order valence-corrected chi connectivity index (χ1v) is 9.47. The number of carbonyl (C=O) groups excluding carboxylic acids is 1. The van der Waals surface area contributed by atoms with Crippen molar-refractivity contribution in [1.82, 2.24) is 5.43 Å². The molecule has 0 atom stereocenters. The molecule has 0 saturated heterocycles. The minimum absolute atomic E-state index is 0.224. The van der Waals surface area contributed by atoms with Crippen molar-refractivity contribution in [3.63, 3.8) is 0 Å². The van der Waals surface area contributed by atoms with Gasteiger partial charge in [-0.3, -0.25) is 4.79 Å². The van der Waals surface area contributed by atoms with Gasteiger partial charge in [0.25, 0.3) is 5.91 Å². The zero-order valence-electron chi connectivity index (χ0n) is 15.6. The van der Waals surface area contributed by atoms with E-state index in [2.05, 4.69) is 26.5 Å². The fourth-order valence-electron chi connectivity index (χ4n) is 2.49. The highest BCUT2D eigenvalue weighted by Crippen LogP contribution is 2.32. The highest BCUT2D eigenvalue weighted by atomic mass is 79.9. The molecule has 1 heterocycles. The Kier molecular flexibility index (Phi) is 6.77. The second-order valence-electron chi connectivity index (χ2n) is 6.11. The maximum atomic E-state index is 12.8. The van der Waals surface area contributed by atoms with Gasteiger partial charge in [0.2, 0.25) is 0 Å². The number of amides is 1. The van der Waals surface area contributed by atoms with Gasteiger partial charge in [-0.25, -0.2) is 5.43 Å². The number of hydrazone groups is 1. The molecule has 0 fully saturated rings. The van der Waals surface area contributed by atoms with Crippen molar-refractivity contribution in [1.29, 1.82) is 5.26 Å². The van der Waals surface area contributed by atoms with Crippen LogP contribution in [0.5, 0.6) is 5.75 Å². The van der Waals surface area contributed by atoms with Crippen LogP contribution < -0.4 is 10.2 Å². The second kappa shape index (κ2) is 9.49. The Morgan fingerprint density at radius 3 is 2.77 bits per heavy atom. The lowest BCUT2D eigenvalue weighted by molar-refractivity contribution is -0.137. The monoisotopic (exact) mass is 491 g/mol. The topological polar surface area (TPSA) is 87.6 Å². The van der Waals surface area contributed by atoms with Gasteiger partial charge in [0.1, 0.15) is 23.3 Å². The van der Waals surface area contributed by atoms with Crippen molar-refractivity contribution in [2.24, 2.45) is 5.10 Å². The number of halogens is 4. The highest BCUT2D eigenvalue weighted by molar-refractivity contribution is 9.10. The number of nitrogens with zero attached hydrogens (tertiary/aromatic N) is 2. The van der Waals surface area contributed by atoms with Crippen LogP contribution in [0.4, 0.5) is 13.2 Å². The minimum atomic E-state index is -4.45. The summed E-state index contributed by atoms with van der Waals surface area (Å²) in [6.45, 7) is -0.374. The summed E-state index contributed by atoms with van der Waals surface area (Å²) in [4.78, 5) is 11.9. The number of furan rings is 1. The number of benzene rings is 2. The van der Waals surface area contributed by atoms with E-state index in [0.717, 1.165) is 12.1 Å². The van der Waals surface area contributed by atoms with Crippen LogP contribution in [0.25, 0.3) is 11.3 Å². The third-order valence-electron chi connectivity index (χ3n) is 3.90. The lowest BCUT2D eigenvalue weighted by Gasteiger charge is -2.07. The first kappa shape index (κ1) is 22.1. The first-order valence-electron chi connectivity index (χ1n) is 8.68. The molecular weight excluding hydrogens is 479 g/mol. The second-order valence-corrected chi connectivity index (χ2v) is 7.03.